The summed E-state index contributed by atoms with van der Waals surface area (Å²) in [6, 6.07) is 21.7. The highest BCUT2D eigenvalue weighted by Gasteiger charge is 2.17. The maximum atomic E-state index is 12.0. The van der Waals surface area contributed by atoms with Crippen LogP contribution in [0.15, 0.2) is 78.9 Å². The normalized spacial score (nSPS) is 11.5. The van der Waals surface area contributed by atoms with Crippen molar-refractivity contribution in [2.45, 2.75) is 46.5 Å². The van der Waals surface area contributed by atoms with Crippen molar-refractivity contribution in [2.24, 2.45) is 0 Å². The number of esters is 3. The van der Waals surface area contributed by atoms with Crippen LogP contribution in [0.1, 0.15) is 54.0 Å². The van der Waals surface area contributed by atoms with Gasteiger partial charge in [0.05, 0.1) is 24.3 Å². The lowest BCUT2D eigenvalue weighted by Gasteiger charge is -2.13. The molecule has 0 saturated heterocycles. The summed E-state index contributed by atoms with van der Waals surface area (Å²) in [7, 11) is 0. The molecule has 0 saturated carbocycles. The first-order valence-corrected chi connectivity index (χ1v) is 13.0. The Bertz CT molecular complexity index is 1250. The average molecular weight is 567 g/mol. The number of carbonyl (C=O) groups excluding carboxylic acids is 3. The summed E-state index contributed by atoms with van der Waals surface area (Å²) in [5.41, 5.74) is 1.51. The van der Waals surface area contributed by atoms with Gasteiger partial charge in [-0.2, -0.15) is 0 Å². The van der Waals surface area contributed by atoms with Gasteiger partial charge in [-0.1, -0.05) is 30.3 Å². The van der Waals surface area contributed by atoms with Crippen LogP contribution in [0.5, 0.6) is 11.5 Å². The second-order valence-electron chi connectivity index (χ2n) is 8.44. The van der Waals surface area contributed by atoms with Crippen LogP contribution in [0.2, 0.25) is 0 Å². The van der Waals surface area contributed by atoms with Crippen LogP contribution in [0, 0.1) is 0 Å². The molecule has 41 heavy (non-hydrogen) atoms. The molecule has 3 aromatic carbocycles. The number of ether oxygens (including phenoxy) is 5. The van der Waals surface area contributed by atoms with Gasteiger partial charge in [0.25, 0.3) is 0 Å². The van der Waals surface area contributed by atoms with Crippen molar-refractivity contribution in [1.82, 2.24) is 0 Å². The molecular formula is C31H34O10. The van der Waals surface area contributed by atoms with Crippen LogP contribution < -0.4 is 9.47 Å². The van der Waals surface area contributed by atoms with Crippen molar-refractivity contribution < 1.29 is 48.0 Å². The second-order valence-corrected chi connectivity index (χ2v) is 8.44. The third-order valence-electron chi connectivity index (χ3n) is 5.27. The number of aromatic carboxylic acids is 1. The predicted octanol–water partition coefficient (Wildman–Crippen LogP) is 5.09. The highest BCUT2D eigenvalue weighted by molar-refractivity contribution is 5.89. The van der Waals surface area contributed by atoms with E-state index in [0.29, 0.717) is 30.3 Å². The van der Waals surface area contributed by atoms with Crippen LogP contribution in [0.4, 0.5) is 0 Å². The van der Waals surface area contributed by atoms with Crippen molar-refractivity contribution in [3.63, 3.8) is 0 Å². The Kier molecular flexibility index (Phi) is 13.4. The van der Waals surface area contributed by atoms with E-state index >= 15 is 0 Å². The molecule has 2 atom stereocenters. The molecule has 0 aliphatic heterocycles. The minimum atomic E-state index is -1.00. The van der Waals surface area contributed by atoms with Crippen molar-refractivity contribution in [1.29, 1.82) is 0 Å². The SMILES string of the molecule is CCOC(=O)[C@@H](C)Oc1ccc(C(=O)O)cc1.CCOC(=O)[C@@H](C)Oc1ccc(C(=O)OCc2ccccc2)cc1. The van der Waals surface area contributed by atoms with Crippen molar-refractivity contribution in [3.05, 3.63) is 95.6 Å². The monoisotopic (exact) mass is 566 g/mol. The van der Waals surface area contributed by atoms with E-state index in [1.54, 1.807) is 52.0 Å². The van der Waals surface area contributed by atoms with Gasteiger partial charge in [0, 0.05) is 0 Å². The molecule has 3 rings (SSSR count). The van der Waals surface area contributed by atoms with Gasteiger partial charge in [0.15, 0.2) is 12.2 Å². The molecule has 0 heterocycles. The van der Waals surface area contributed by atoms with Crippen LogP contribution >= 0.6 is 0 Å². The Morgan fingerprint density at radius 3 is 1.49 bits per heavy atom. The standard InChI is InChI=1S/C19H20O5.C12H14O5/c1-3-22-18(20)14(2)24-17-11-9-16(10-12-17)19(21)23-13-15-7-5-4-6-8-15;1-3-16-12(15)8(2)17-10-6-4-9(5-7-10)11(13)14/h4-12,14H,3,13H2,1-2H3;4-8H,3H2,1-2H3,(H,13,14)/t14-;8-/m11/s1. The Labute approximate surface area is 238 Å². The molecule has 0 aliphatic carbocycles. The van der Waals surface area contributed by atoms with E-state index in [4.69, 9.17) is 28.8 Å². The van der Waals surface area contributed by atoms with Gasteiger partial charge in [-0.05, 0) is 81.8 Å². The Hall–Kier alpha value is -4.86. The zero-order valence-electron chi connectivity index (χ0n) is 23.4. The smallest absolute Gasteiger partial charge is 0.347 e. The summed E-state index contributed by atoms with van der Waals surface area (Å²) in [4.78, 5) is 45.4. The van der Waals surface area contributed by atoms with Crippen LogP contribution in [-0.2, 0) is 30.4 Å². The lowest BCUT2D eigenvalue weighted by molar-refractivity contribution is -0.151. The summed E-state index contributed by atoms with van der Waals surface area (Å²) in [5.74, 6) is -1.39. The third-order valence-corrected chi connectivity index (χ3v) is 5.27. The van der Waals surface area contributed by atoms with Gasteiger partial charge in [0.2, 0.25) is 0 Å². The quantitative estimate of drug-likeness (QED) is 0.233. The number of carbonyl (C=O) groups is 4. The molecule has 0 radical (unpaired) electrons. The van der Waals surface area contributed by atoms with Crippen LogP contribution in [0.3, 0.4) is 0 Å². The van der Waals surface area contributed by atoms with Crippen LogP contribution in [0.25, 0.3) is 0 Å². The third kappa shape index (κ3) is 11.4. The minimum absolute atomic E-state index is 0.168. The molecule has 0 spiro atoms. The van der Waals surface area contributed by atoms with E-state index in [-0.39, 0.29) is 12.2 Å². The first kappa shape index (κ1) is 32.4. The lowest BCUT2D eigenvalue weighted by atomic mass is 10.2. The summed E-state index contributed by atoms with van der Waals surface area (Å²) < 4.78 is 25.7. The molecule has 10 nitrogen and oxygen atoms in total. The van der Waals surface area contributed by atoms with Crippen molar-refractivity contribution >= 4 is 23.9 Å². The number of carboxylic acids is 1. The summed E-state index contributed by atoms with van der Waals surface area (Å²) >= 11 is 0. The summed E-state index contributed by atoms with van der Waals surface area (Å²) in [6.45, 7) is 7.46. The maximum Gasteiger partial charge on any atom is 0.347 e. The largest absolute Gasteiger partial charge is 0.479 e. The van der Waals surface area contributed by atoms with Gasteiger partial charge in [-0.3, -0.25) is 0 Å². The van der Waals surface area contributed by atoms with Gasteiger partial charge in [-0.15, -0.1) is 0 Å². The molecule has 0 unspecified atom stereocenters. The topological polar surface area (TPSA) is 135 Å². The minimum Gasteiger partial charge on any atom is -0.479 e. The molecule has 0 amide bonds. The second kappa shape index (κ2) is 17.0. The highest BCUT2D eigenvalue weighted by atomic mass is 16.6. The van der Waals surface area contributed by atoms with E-state index in [1.165, 1.54) is 24.3 Å². The molecular weight excluding hydrogens is 532 g/mol. The highest BCUT2D eigenvalue weighted by Crippen LogP contribution is 2.16. The molecule has 3 aromatic rings. The Morgan fingerprint density at radius 2 is 1.07 bits per heavy atom. The summed E-state index contributed by atoms with van der Waals surface area (Å²) in [5, 5.41) is 8.70. The zero-order chi connectivity index (χ0) is 30.2. The van der Waals surface area contributed by atoms with Gasteiger partial charge in [0.1, 0.15) is 18.1 Å². The number of rotatable bonds is 12. The fourth-order valence-corrected chi connectivity index (χ4v) is 3.18. The molecule has 218 valence electrons. The van der Waals surface area contributed by atoms with Crippen molar-refractivity contribution in [2.75, 3.05) is 13.2 Å². The van der Waals surface area contributed by atoms with Gasteiger partial charge >= 0.3 is 23.9 Å². The number of benzene rings is 3. The summed E-state index contributed by atoms with van der Waals surface area (Å²) in [6.07, 6.45) is -1.42. The van der Waals surface area contributed by atoms with E-state index in [9.17, 15) is 19.2 Å². The Morgan fingerprint density at radius 1 is 0.634 bits per heavy atom. The molecule has 10 heteroatoms. The van der Waals surface area contributed by atoms with Gasteiger partial charge < -0.3 is 28.8 Å². The molecule has 0 bridgehead atoms. The fraction of sp³-hybridized carbons (Fsp3) is 0.290. The first-order valence-electron chi connectivity index (χ1n) is 13.0. The van der Waals surface area contributed by atoms with Gasteiger partial charge in [-0.25, -0.2) is 19.2 Å². The molecule has 0 aliphatic rings. The first-order chi connectivity index (χ1) is 19.6. The number of carboxylic acid groups (broad SMARTS) is 1. The zero-order valence-corrected chi connectivity index (χ0v) is 23.4. The molecule has 0 fully saturated rings. The van der Waals surface area contributed by atoms with E-state index < -0.39 is 36.1 Å². The average Bonchev–Trinajstić information content (AvgIpc) is 2.97. The van der Waals surface area contributed by atoms with E-state index in [2.05, 4.69) is 0 Å². The fourth-order valence-electron chi connectivity index (χ4n) is 3.18. The lowest BCUT2D eigenvalue weighted by Crippen LogP contribution is -2.26. The number of hydrogen-bond acceptors (Lipinski definition) is 9. The molecule has 1 N–H and O–H groups in total. The van der Waals surface area contributed by atoms with E-state index in [1.807, 2.05) is 30.3 Å². The predicted molar refractivity (Wildman–Crippen MR) is 149 cm³/mol. The number of hydrogen-bond donors (Lipinski definition) is 1. The maximum absolute atomic E-state index is 12.0. The molecule has 0 aromatic heterocycles. The Balaban J connectivity index is 0.000000305. The van der Waals surface area contributed by atoms with Crippen LogP contribution in [-0.4, -0.2) is 54.4 Å². The van der Waals surface area contributed by atoms with E-state index in [0.717, 1.165) is 5.56 Å². The van der Waals surface area contributed by atoms with Crippen molar-refractivity contribution in [3.8, 4) is 11.5 Å².